The van der Waals surface area contributed by atoms with Crippen molar-refractivity contribution < 1.29 is 47.8 Å². The minimum Gasteiger partial charge on any atom is -0.480 e. The second-order valence-corrected chi connectivity index (χ2v) is 11.4. The molecule has 230 valence electrons. The van der Waals surface area contributed by atoms with Crippen molar-refractivity contribution in [3.63, 3.8) is 0 Å². The number of unbranched alkanes of at least 4 members (excludes halogenated alkanes) is 13. The number of hydrogen-bond donors (Lipinski definition) is 4. The fourth-order valence-corrected chi connectivity index (χ4v) is 4.53. The molecule has 0 bridgehead atoms. The number of aliphatic hydroxyl groups excluding tert-OH is 1. The van der Waals surface area contributed by atoms with Crippen LogP contribution in [-0.2, 0) is 32.7 Å². The molecular weight excluding hydrogens is 529 g/mol. The van der Waals surface area contributed by atoms with E-state index in [9.17, 15) is 28.9 Å². The fraction of sp³-hybridized carbons (Fsp3) is 0.889. The Kier molecular flexibility index (Phi) is 23.3. The lowest BCUT2D eigenvalue weighted by atomic mass is 10.0. The number of hydrogen-bond acceptors (Lipinski definition) is 8. The summed E-state index contributed by atoms with van der Waals surface area (Å²) in [6, 6.07) is -1.53. The molecule has 0 saturated heterocycles. The molecule has 0 aromatic rings. The van der Waals surface area contributed by atoms with Crippen molar-refractivity contribution in [2.75, 3.05) is 19.8 Å². The summed E-state index contributed by atoms with van der Waals surface area (Å²) in [5, 5.41) is 21.2. The van der Waals surface area contributed by atoms with E-state index < -0.39 is 57.6 Å². The van der Waals surface area contributed by atoms with Crippen molar-refractivity contribution in [2.45, 2.75) is 135 Å². The van der Waals surface area contributed by atoms with Crippen molar-refractivity contribution >= 4 is 25.7 Å². The number of carbonyl (C=O) groups is 3. The van der Waals surface area contributed by atoms with Crippen molar-refractivity contribution in [1.29, 1.82) is 0 Å². The fourth-order valence-electron chi connectivity index (χ4n) is 3.76. The molecule has 3 atom stereocenters. The van der Waals surface area contributed by atoms with E-state index in [4.69, 9.17) is 9.84 Å². The minimum atomic E-state index is -4.71. The van der Waals surface area contributed by atoms with E-state index in [-0.39, 0.29) is 12.8 Å². The zero-order chi connectivity index (χ0) is 29.4. The highest BCUT2D eigenvalue weighted by molar-refractivity contribution is 7.47. The van der Waals surface area contributed by atoms with Gasteiger partial charge in [0.1, 0.15) is 12.7 Å². The van der Waals surface area contributed by atoms with E-state index in [0.717, 1.165) is 25.7 Å². The summed E-state index contributed by atoms with van der Waals surface area (Å²) >= 11 is 0. The lowest BCUT2D eigenvalue weighted by Crippen LogP contribution is -2.43. The van der Waals surface area contributed by atoms with Gasteiger partial charge < -0.3 is 25.2 Å². The molecule has 0 aliphatic carbocycles. The Hall–Kier alpha value is -1.52. The predicted octanol–water partition coefficient (Wildman–Crippen LogP) is 5.27. The van der Waals surface area contributed by atoms with Crippen LogP contribution in [0.15, 0.2) is 0 Å². The van der Waals surface area contributed by atoms with Gasteiger partial charge in [-0.25, -0.2) is 9.36 Å². The Labute approximate surface area is 234 Å². The molecule has 0 saturated carbocycles. The Morgan fingerprint density at radius 1 is 0.718 bits per heavy atom. The van der Waals surface area contributed by atoms with E-state index in [1.807, 2.05) is 6.92 Å². The van der Waals surface area contributed by atoms with Gasteiger partial charge in [-0.15, -0.1) is 0 Å². The molecule has 39 heavy (non-hydrogen) atoms. The van der Waals surface area contributed by atoms with Crippen LogP contribution in [0.2, 0.25) is 0 Å². The molecule has 0 heterocycles. The van der Waals surface area contributed by atoms with Gasteiger partial charge in [0.15, 0.2) is 6.04 Å². The molecule has 0 rings (SSSR count). The quantitative estimate of drug-likeness (QED) is 0.0570. The van der Waals surface area contributed by atoms with Crippen molar-refractivity contribution in [3.8, 4) is 0 Å². The summed E-state index contributed by atoms with van der Waals surface area (Å²) in [6.07, 6.45) is 15.9. The summed E-state index contributed by atoms with van der Waals surface area (Å²) in [5.41, 5.74) is 0. The Balaban J connectivity index is 3.89. The molecule has 11 nitrogen and oxygen atoms in total. The van der Waals surface area contributed by atoms with Gasteiger partial charge in [0.05, 0.1) is 13.2 Å². The molecule has 1 amide bonds. The first-order valence-electron chi connectivity index (χ1n) is 14.6. The van der Waals surface area contributed by atoms with Crippen molar-refractivity contribution in [1.82, 2.24) is 5.32 Å². The first kappa shape index (κ1) is 37.5. The summed E-state index contributed by atoms with van der Waals surface area (Å²) in [7, 11) is -4.71. The molecular formula is C27H52NO10P. The smallest absolute Gasteiger partial charge is 0.472 e. The van der Waals surface area contributed by atoms with Crippen molar-refractivity contribution in [2.24, 2.45) is 0 Å². The molecule has 0 aliphatic heterocycles. The summed E-state index contributed by atoms with van der Waals surface area (Å²) in [4.78, 5) is 44.5. The number of aliphatic carboxylic acids is 1. The van der Waals surface area contributed by atoms with Gasteiger partial charge in [0, 0.05) is 12.8 Å². The molecule has 0 spiro atoms. The molecule has 12 heteroatoms. The van der Waals surface area contributed by atoms with Crippen LogP contribution in [0.3, 0.4) is 0 Å². The average Bonchev–Trinajstić information content (AvgIpc) is 2.89. The van der Waals surface area contributed by atoms with Gasteiger partial charge in [0.2, 0.25) is 5.91 Å². The van der Waals surface area contributed by atoms with Crippen LogP contribution in [0.1, 0.15) is 123 Å². The number of phosphoric acid groups is 1. The third kappa shape index (κ3) is 24.0. The number of amides is 1. The predicted molar refractivity (Wildman–Crippen MR) is 148 cm³/mol. The van der Waals surface area contributed by atoms with Gasteiger partial charge in [0.25, 0.3) is 0 Å². The number of phosphoric ester groups is 1. The zero-order valence-corrected chi connectivity index (χ0v) is 24.8. The number of nitrogens with one attached hydrogen (secondary N) is 1. The number of carboxylic acid groups (broad SMARTS) is 1. The number of carboxylic acids is 1. The molecule has 0 aromatic heterocycles. The highest BCUT2D eigenvalue weighted by Gasteiger charge is 2.28. The van der Waals surface area contributed by atoms with Crippen LogP contribution in [0, 0.1) is 0 Å². The van der Waals surface area contributed by atoms with Gasteiger partial charge in [-0.3, -0.25) is 18.6 Å². The van der Waals surface area contributed by atoms with Crippen LogP contribution >= 0.6 is 7.82 Å². The number of rotatable bonds is 27. The second kappa shape index (κ2) is 24.3. The highest BCUT2D eigenvalue weighted by atomic mass is 31.2. The number of aliphatic hydroxyl groups is 1. The van der Waals surface area contributed by atoms with E-state index >= 15 is 0 Å². The Bertz CT molecular complexity index is 706. The second-order valence-electron chi connectivity index (χ2n) is 9.95. The van der Waals surface area contributed by atoms with Crippen LogP contribution < -0.4 is 5.32 Å². The lowest BCUT2D eigenvalue weighted by molar-refractivity contribution is -0.147. The minimum absolute atomic E-state index is 0.123. The molecule has 0 radical (unpaired) electrons. The topological polar surface area (TPSA) is 169 Å². The third-order valence-electron chi connectivity index (χ3n) is 6.15. The lowest BCUT2D eigenvalue weighted by Gasteiger charge is -2.18. The summed E-state index contributed by atoms with van der Waals surface area (Å²) < 4.78 is 26.2. The third-order valence-corrected chi connectivity index (χ3v) is 7.10. The highest BCUT2D eigenvalue weighted by Crippen LogP contribution is 2.43. The number of carbonyl (C=O) groups excluding carboxylic acids is 2. The molecule has 0 fully saturated rings. The van der Waals surface area contributed by atoms with Crippen LogP contribution in [-0.4, -0.2) is 64.9 Å². The van der Waals surface area contributed by atoms with Crippen LogP contribution in [0.4, 0.5) is 0 Å². The molecule has 0 aliphatic rings. The van der Waals surface area contributed by atoms with Crippen LogP contribution in [0.5, 0.6) is 0 Å². The van der Waals surface area contributed by atoms with E-state index in [0.29, 0.717) is 12.8 Å². The Morgan fingerprint density at radius 2 is 1.21 bits per heavy atom. The maximum Gasteiger partial charge on any atom is 0.472 e. The van der Waals surface area contributed by atoms with Gasteiger partial charge in [-0.2, -0.15) is 0 Å². The van der Waals surface area contributed by atoms with Gasteiger partial charge in [-0.05, 0) is 12.8 Å². The standard InChI is InChI=1S/C27H52NO10P/c1-3-5-7-8-9-10-11-12-13-14-15-16-17-19-26(31)36-20-23(29)21-37-39(34,35)38-22-24(27(32)33)28-25(30)18-6-4-2/h23-24,29H,3-22H2,1-2H3,(H,28,30)(H,32,33)(H,34,35). The monoisotopic (exact) mass is 581 g/mol. The maximum atomic E-state index is 12.0. The largest absolute Gasteiger partial charge is 0.480 e. The number of ether oxygens (including phenoxy) is 1. The van der Waals surface area contributed by atoms with Gasteiger partial charge in [-0.1, -0.05) is 97.3 Å². The summed E-state index contributed by atoms with van der Waals surface area (Å²) in [6.45, 7) is 2.22. The van der Waals surface area contributed by atoms with E-state index in [1.165, 1.54) is 57.8 Å². The molecule has 4 N–H and O–H groups in total. The number of esters is 1. The SMILES string of the molecule is CCCCCCCCCCCCCCCC(=O)OCC(O)COP(=O)(O)OCC(NC(=O)CCCC)C(=O)O. The first-order valence-corrected chi connectivity index (χ1v) is 16.1. The summed E-state index contributed by atoms with van der Waals surface area (Å²) in [5.74, 6) is -2.42. The van der Waals surface area contributed by atoms with E-state index in [1.54, 1.807) is 0 Å². The van der Waals surface area contributed by atoms with E-state index in [2.05, 4.69) is 21.3 Å². The average molecular weight is 582 g/mol. The Morgan fingerprint density at radius 3 is 1.72 bits per heavy atom. The van der Waals surface area contributed by atoms with Crippen molar-refractivity contribution in [3.05, 3.63) is 0 Å². The molecule has 0 aromatic carbocycles. The maximum absolute atomic E-state index is 12.0. The molecule has 3 unspecified atom stereocenters. The van der Waals surface area contributed by atoms with Gasteiger partial charge >= 0.3 is 19.8 Å². The normalized spacial score (nSPS) is 14.4. The zero-order valence-electron chi connectivity index (χ0n) is 23.9. The van der Waals surface area contributed by atoms with Crippen LogP contribution in [0.25, 0.3) is 0 Å². The first-order chi connectivity index (χ1) is 18.6.